The maximum atomic E-state index is 12.0. The Balaban J connectivity index is 2.51. The number of nitrogens with zero attached hydrogens (tertiary/aromatic N) is 4. The van der Waals surface area contributed by atoms with Crippen LogP contribution in [0.5, 0.6) is 0 Å². The summed E-state index contributed by atoms with van der Waals surface area (Å²) in [6, 6.07) is -1.02. The summed E-state index contributed by atoms with van der Waals surface area (Å²) in [4.78, 5) is 51.4. The van der Waals surface area contributed by atoms with Crippen LogP contribution >= 0.6 is 0 Å². The summed E-state index contributed by atoms with van der Waals surface area (Å²) in [6.07, 6.45) is -1.51. The lowest BCUT2D eigenvalue weighted by Gasteiger charge is -2.23. The minimum Gasteiger partial charge on any atom is -0.303 e. The Hall–Kier alpha value is -2.12. The molecule has 2 saturated heterocycles. The van der Waals surface area contributed by atoms with Crippen LogP contribution < -0.4 is 0 Å². The van der Waals surface area contributed by atoms with E-state index in [-0.39, 0.29) is 6.03 Å². The Kier molecular flexibility index (Phi) is 2.53. The quantitative estimate of drug-likeness (QED) is 0.581. The molecule has 0 saturated carbocycles. The summed E-state index contributed by atoms with van der Waals surface area (Å²) < 4.78 is 0. The molecule has 2 aliphatic rings. The Morgan fingerprint density at radius 2 is 1.17 bits per heavy atom. The zero-order chi connectivity index (χ0) is 13.8. The highest BCUT2D eigenvalue weighted by Crippen LogP contribution is 2.33. The highest BCUT2D eigenvalue weighted by molar-refractivity contribution is 6.05. The predicted molar refractivity (Wildman–Crippen MR) is 58.9 cm³/mol. The number of rotatable bonds is 0. The van der Waals surface area contributed by atoms with Gasteiger partial charge in [-0.05, 0) is 0 Å². The molecule has 2 fully saturated rings. The van der Waals surface area contributed by atoms with Gasteiger partial charge in [-0.3, -0.25) is 9.59 Å². The number of amides is 6. The van der Waals surface area contributed by atoms with E-state index in [2.05, 4.69) is 0 Å². The van der Waals surface area contributed by atoms with E-state index in [0.29, 0.717) is 0 Å². The highest BCUT2D eigenvalue weighted by atomic mass is 16.2. The van der Waals surface area contributed by atoms with Crippen LogP contribution in [0, 0.1) is 0 Å². The molecule has 8 nitrogen and oxygen atoms in total. The first-order valence-corrected chi connectivity index (χ1v) is 5.42. The lowest BCUT2D eigenvalue weighted by atomic mass is 10.3. The molecule has 98 valence electrons. The van der Waals surface area contributed by atoms with Crippen molar-refractivity contribution < 1.29 is 19.2 Å². The average Bonchev–Trinajstić information content (AvgIpc) is 2.68. The van der Waals surface area contributed by atoms with Crippen molar-refractivity contribution >= 4 is 23.9 Å². The van der Waals surface area contributed by atoms with E-state index in [9.17, 15) is 19.2 Å². The minimum absolute atomic E-state index is 0.338. The van der Waals surface area contributed by atoms with Crippen molar-refractivity contribution in [3.8, 4) is 0 Å². The van der Waals surface area contributed by atoms with Crippen molar-refractivity contribution in [1.82, 2.24) is 19.6 Å². The van der Waals surface area contributed by atoms with Gasteiger partial charge < -0.3 is 9.80 Å². The van der Waals surface area contributed by atoms with Gasteiger partial charge in [0.2, 0.25) is 11.8 Å². The molecule has 0 aromatic carbocycles. The Morgan fingerprint density at radius 1 is 0.833 bits per heavy atom. The van der Waals surface area contributed by atoms with E-state index >= 15 is 0 Å². The lowest BCUT2D eigenvalue weighted by Crippen LogP contribution is -2.47. The van der Waals surface area contributed by atoms with Crippen molar-refractivity contribution in [1.29, 1.82) is 0 Å². The van der Waals surface area contributed by atoms with Gasteiger partial charge in [0.25, 0.3) is 0 Å². The summed E-state index contributed by atoms with van der Waals surface area (Å²) in [5.74, 6) is -0.984. The van der Waals surface area contributed by atoms with Crippen molar-refractivity contribution in [2.24, 2.45) is 0 Å². The van der Waals surface area contributed by atoms with E-state index in [1.165, 1.54) is 37.7 Å². The second kappa shape index (κ2) is 3.69. The molecule has 8 heteroatoms. The summed E-state index contributed by atoms with van der Waals surface area (Å²) >= 11 is 0. The van der Waals surface area contributed by atoms with E-state index in [1.54, 1.807) is 0 Å². The molecule has 18 heavy (non-hydrogen) atoms. The van der Waals surface area contributed by atoms with Gasteiger partial charge in [0, 0.05) is 27.9 Å². The Labute approximate surface area is 104 Å². The van der Waals surface area contributed by atoms with Crippen LogP contribution in [0.15, 0.2) is 0 Å². The summed E-state index contributed by atoms with van der Waals surface area (Å²) in [7, 11) is 2.99. The first-order valence-electron chi connectivity index (χ1n) is 5.42. The number of carbonyl (C=O) groups excluding carboxylic acids is 4. The molecule has 0 radical (unpaired) electrons. The minimum atomic E-state index is -0.753. The number of hydrogen-bond acceptors (Lipinski definition) is 4. The monoisotopic (exact) mass is 254 g/mol. The van der Waals surface area contributed by atoms with Gasteiger partial charge in [0.1, 0.15) is 0 Å². The van der Waals surface area contributed by atoms with Crippen molar-refractivity contribution in [3.05, 3.63) is 0 Å². The van der Waals surface area contributed by atoms with Crippen molar-refractivity contribution in [2.45, 2.75) is 26.2 Å². The zero-order valence-corrected chi connectivity index (χ0v) is 10.6. The van der Waals surface area contributed by atoms with E-state index < -0.39 is 30.2 Å². The normalized spacial score (nSPS) is 27.1. The number of fused-ring (bicyclic) bond motifs is 1. The third-order valence-electron chi connectivity index (χ3n) is 3.28. The SMILES string of the molecule is CC(=O)N1C(=O)N(C(C)=O)[C@H]2[C@H]1N(C)C(=O)N2C. The summed E-state index contributed by atoms with van der Waals surface area (Å²) in [5, 5.41) is 0. The molecular weight excluding hydrogens is 240 g/mol. The van der Waals surface area contributed by atoms with Crippen LogP contribution in [-0.2, 0) is 9.59 Å². The number of imide groups is 2. The van der Waals surface area contributed by atoms with Crippen LogP contribution in [-0.4, -0.2) is 69.9 Å². The van der Waals surface area contributed by atoms with Gasteiger partial charge in [-0.1, -0.05) is 0 Å². The third-order valence-corrected chi connectivity index (χ3v) is 3.28. The summed E-state index contributed by atoms with van der Waals surface area (Å²) in [5.41, 5.74) is 0. The largest absolute Gasteiger partial charge is 0.337 e. The molecule has 0 N–H and O–H groups in total. The van der Waals surface area contributed by atoms with Crippen molar-refractivity contribution in [3.63, 3.8) is 0 Å². The van der Waals surface area contributed by atoms with Gasteiger partial charge in [0.15, 0.2) is 12.3 Å². The molecule has 2 heterocycles. The number of hydrogen-bond donors (Lipinski definition) is 0. The average molecular weight is 254 g/mol. The maximum Gasteiger partial charge on any atom is 0.337 e. The smallest absolute Gasteiger partial charge is 0.303 e. The third kappa shape index (κ3) is 1.31. The molecule has 2 atom stereocenters. The first kappa shape index (κ1) is 12.3. The molecule has 0 spiro atoms. The van der Waals surface area contributed by atoms with Crippen LogP contribution in [0.1, 0.15) is 13.8 Å². The summed E-state index contributed by atoms with van der Waals surface area (Å²) in [6.45, 7) is 2.46. The van der Waals surface area contributed by atoms with Gasteiger partial charge in [0.05, 0.1) is 0 Å². The van der Waals surface area contributed by atoms with Gasteiger partial charge in [-0.25, -0.2) is 19.4 Å². The zero-order valence-electron chi connectivity index (χ0n) is 10.6. The second-order valence-corrected chi connectivity index (χ2v) is 4.39. The van der Waals surface area contributed by atoms with E-state index in [4.69, 9.17) is 0 Å². The molecule has 0 unspecified atom stereocenters. The highest BCUT2D eigenvalue weighted by Gasteiger charge is 2.59. The van der Waals surface area contributed by atoms with E-state index in [1.807, 2.05) is 0 Å². The Bertz CT molecular complexity index is 425. The predicted octanol–water partition coefficient (Wildman–Crippen LogP) is -0.534. The van der Waals surface area contributed by atoms with E-state index in [0.717, 1.165) is 9.80 Å². The molecule has 2 aliphatic heterocycles. The Morgan fingerprint density at radius 3 is 1.44 bits per heavy atom. The molecule has 2 rings (SSSR count). The fraction of sp³-hybridized carbons (Fsp3) is 0.600. The number of urea groups is 2. The topological polar surface area (TPSA) is 81.2 Å². The van der Waals surface area contributed by atoms with Gasteiger partial charge in [-0.2, -0.15) is 0 Å². The van der Waals surface area contributed by atoms with Gasteiger partial charge >= 0.3 is 12.1 Å². The van der Waals surface area contributed by atoms with Crippen LogP contribution in [0.2, 0.25) is 0 Å². The molecule has 0 aromatic rings. The van der Waals surface area contributed by atoms with Crippen molar-refractivity contribution in [2.75, 3.05) is 14.1 Å². The maximum absolute atomic E-state index is 12.0. The fourth-order valence-corrected chi connectivity index (χ4v) is 2.47. The second-order valence-electron chi connectivity index (χ2n) is 4.39. The molecule has 0 aliphatic carbocycles. The molecule has 0 aromatic heterocycles. The molecule has 6 amide bonds. The van der Waals surface area contributed by atoms with Crippen LogP contribution in [0.3, 0.4) is 0 Å². The van der Waals surface area contributed by atoms with Crippen LogP contribution in [0.25, 0.3) is 0 Å². The van der Waals surface area contributed by atoms with Gasteiger partial charge in [-0.15, -0.1) is 0 Å². The standard InChI is InChI=1S/C10H14N4O4/c1-5(15)13-7-8(12(4)9(17)11(7)3)14(6(2)16)10(13)18/h7-8H,1-4H3/t7-,8-/m0/s1. The fourth-order valence-electron chi connectivity index (χ4n) is 2.47. The molecule has 0 bridgehead atoms. The molecular formula is C10H14N4O4. The number of likely N-dealkylation sites (N-methyl/N-ethyl adjacent to an activating group) is 2. The lowest BCUT2D eigenvalue weighted by molar-refractivity contribution is -0.129. The number of carbonyl (C=O) groups is 4. The van der Waals surface area contributed by atoms with Crippen LogP contribution in [0.4, 0.5) is 9.59 Å². The first-order chi connectivity index (χ1) is 8.29.